The molecule has 0 aliphatic heterocycles. The van der Waals surface area contributed by atoms with Gasteiger partial charge >= 0.3 is 6.61 Å². The van der Waals surface area contributed by atoms with Gasteiger partial charge in [0, 0.05) is 5.69 Å². The zero-order valence-electron chi connectivity index (χ0n) is 12.9. The first kappa shape index (κ1) is 17.8. The van der Waals surface area contributed by atoms with Crippen molar-refractivity contribution >= 4 is 11.6 Å². The third kappa shape index (κ3) is 4.46. The number of nitrogens with zero attached hydrogens (tertiary/aromatic N) is 2. The first-order chi connectivity index (χ1) is 11.3. The molecule has 1 aromatic carbocycles. The van der Waals surface area contributed by atoms with Crippen LogP contribution in [0.25, 0.3) is 0 Å². The monoisotopic (exact) mass is 345 g/mol. The van der Waals surface area contributed by atoms with Crippen molar-refractivity contribution in [2.75, 3.05) is 5.32 Å². The predicted molar refractivity (Wildman–Crippen MR) is 78.4 cm³/mol. The lowest BCUT2D eigenvalue weighted by molar-refractivity contribution is -0.117. The number of anilines is 1. The summed E-state index contributed by atoms with van der Waals surface area (Å²) in [5, 5.41) is 6.04. The summed E-state index contributed by atoms with van der Waals surface area (Å²) in [6, 6.07) is 5.57. The smallest absolute Gasteiger partial charge is 0.387 e. The second kappa shape index (κ2) is 7.33. The number of aromatic nitrogens is 2. The summed E-state index contributed by atoms with van der Waals surface area (Å²) >= 11 is 0. The number of amides is 1. The molecule has 24 heavy (non-hydrogen) atoms. The van der Waals surface area contributed by atoms with Gasteiger partial charge in [0.05, 0.1) is 5.69 Å². The summed E-state index contributed by atoms with van der Waals surface area (Å²) in [4.78, 5) is 12.0. The van der Waals surface area contributed by atoms with Crippen molar-refractivity contribution < 1.29 is 27.1 Å². The van der Waals surface area contributed by atoms with Gasteiger partial charge in [0.1, 0.15) is 18.0 Å². The zero-order valence-corrected chi connectivity index (χ0v) is 12.9. The van der Waals surface area contributed by atoms with E-state index in [1.54, 1.807) is 13.0 Å². The van der Waals surface area contributed by atoms with Crippen LogP contribution in [0.15, 0.2) is 24.3 Å². The first-order valence-corrected chi connectivity index (χ1v) is 6.94. The Hall–Kier alpha value is -2.58. The Morgan fingerprint density at radius 3 is 2.54 bits per heavy atom. The number of rotatable bonds is 6. The average Bonchev–Trinajstić information content (AvgIpc) is 2.83. The number of benzene rings is 1. The molecule has 0 atom stereocenters. The van der Waals surface area contributed by atoms with E-state index in [1.165, 1.54) is 25.1 Å². The van der Waals surface area contributed by atoms with Gasteiger partial charge in [0.25, 0.3) is 6.43 Å². The minimum Gasteiger partial charge on any atom is -0.433 e. The van der Waals surface area contributed by atoms with Crippen LogP contribution in [0.2, 0.25) is 0 Å². The van der Waals surface area contributed by atoms with Crippen LogP contribution in [0.5, 0.6) is 5.75 Å². The van der Waals surface area contributed by atoms with Crippen molar-refractivity contribution in [3.8, 4) is 5.75 Å². The minimum atomic E-state index is -3.04. The molecule has 2 rings (SSSR count). The van der Waals surface area contributed by atoms with E-state index in [1.807, 2.05) is 0 Å². The Kier molecular flexibility index (Phi) is 5.42. The van der Waals surface area contributed by atoms with Gasteiger partial charge < -0.3 is 10.1 Å². The molecule has 2 aromatic rings. The highest BCUT2D eigenvalue weighted by molar-refractivity contribution is 5.92. The summed E-state index contributed by atoms with van der Waals surface area (Å²) in [7, 11) is 0. The standard InChI is InChI=1S/C15H15F4N3O2/c1-8-3-4-10(12(5-8)24-15(18)19)20-13(23)7-22-9(2)6-11(21-22)14(16)17/h3-6,14-15H,7H2,1-2H3,(H,20,23). The van der Waals surface area contributed by atoms with E-state index in [2.05, 4.69) is 15.2 Å². The lowest BCUT2D eigenvalue weighted by Gasteiger charge is -2.13. The van der Waals surface area contributed by atoms with Gasteiger partial charge in [-0.25, -0.2) is 8.78 Å². The van der Waals surface area contributed by atoms with E-state index >= 15 is 0 Å². The second-order valence-electron chi connectivity index (χ2n) is 5.10. The molecule has 0 saturated heterocycles. The van der Waals surface area contributed by atoms with Crippen molar-refractivity contribution in [3.05, 3.63) is 41.2 Å². The van der Waals surface area contributed by atoms with Crippen molar-refractivity contribution in [2.24, 2.45) is 0 Å². The molecule has 9 heteroatoms. The molecule has 1 amide bonds. The topological polar surface area (TPSA) is 56.2 Å². The van der Waals surface area contributed by atoms with Crippen LogP contribution >= 0.6 is 0 Å². The molecular formula is C15H15F4N3O2. The van der Waals surface area contributed by atoms with Gasteiger partial charge in [0.15, 0.2) is 0 Å². The molecule has 0 bridgehead atoms. The number of carbonyl (C=O) groups is 1. The molecule has 0 aliphatic carbocycles. The van der Waals surface area contributed by atoms with Crippen molar-refractivity contribution in [3.63, 3.8) is 0 Å². The van der Waals surface area contributed by atoms with Crippen LogP contribution in [0, 0.1) is 13.8 Å². The Morgan fingerprint density at radius 1 is 1.25 bits per heavy atom. The first-order valence-electron chi connectivity index (χ1n) is 6.94. The molecule has 0 unspecified atom stereocenters. The van der Waals surface area contributed by atoms with Gasteiger partial charge in [-0.3, -0.25) is 9.48 Å². The molecule has 0 radical (unpaired) electrons. The number of ether oxygens (including phenoxy) is 1. The van der Waals surface area contributed by atoms with Gasteiger partial charge in [-0.15, -0.1) is 0 Å². The number of halogens is 4. The van der Waals surface area contributed by atoms with E-state index in [0.29, 0.717) is 11.3 Å². The number of carbonyl (C=O) groups excluding carboxylic acids is 1. The molecule has 130 valence electrons. The van der Waals surface area contributed by atoms with Crippen molar-refractivity contribution in [2.45, 2.75) is 33.4 Å². The summed E-state index contributed by atoms with van der Waals surface area (Å²) < 4.78 is 55.5. The van der Waals surface area contributed by atoms with E-state index in [-0.39, 0.29) is 18.0 Å². The summed E-state index contributed by atoms with van der Waals surface area (Å²) in [5.41, 5.74) is 0.684. The maximum Gasteiger partial charge on any atom is 0.387 e. The van der Waals surface area contributed by atoms with E-state index in [0.717, 1.165) is 4.68 Å². The maximum absolute atomic E-state index is 12.6. The highest BCUT2D eigenvalue weighted by Gasteiger charge is 2.16. The molecule has 1 heterocycles. The lowest BCUT2D eigenvalue weighted by atomic mass is 10.2. The van der Waals surface area contributed by atoms with Crippen LogP contribution in [-0.2, 0) is 11.3 Å². The quantitative estimate of drug-likeness (QED) is 0.813. The Balaban J connectivity index is 2.12. The average molecular weight is 345 g/mol. The van der Waals surface area contributed by atoms with Gasteiger partial charge in [0.2, 0.25) is 5.91 Å². The maximum atomic E-state index is 12.6. The van der Waals surface area contributed by atoms with Crippen LogP contribution in [0.4, 0.5) is 23.2 Å². The molecular weight excluding hydrogens is 330 g/mol. The summed E-state index contributed by atoms with van der Waals surface area (Å²) in [6.07, 6.45) is -2.74. The third-order valence-corrected chi connectivity index (χ3v) is 3.14. The van der Waals surface area contributed by atoms with Crippen molar-refractivity contribution in [1.82, 2.24) is 9.78 Å². The van der Waals surface area contributed by atoms with E-state index in [9.17, 15) is 22.4 Å². The Labute approximate surface area is 135 Å². The molecule has 1 N–H and O–H groups in total. The third-order valence-electron chi connectivity index (χ3n) is 3.14. The number of aryl methyl sites for hydroxylation is 2. The summed E-state index contributed by atoms with van der Waals surface area (Å²) in [5.74, 6) is -0.784. The van der Waals surface area contributed by atoms with Crippen LogP contribution in [-0.4, -0.2) is 22.3 Å². The van der Waals surface area contributed by atoms with Crippen LogP contribution in [0.1, 0.15) is 23.4 Å². The van der Waals surface area contributed by atoms with Gasteiger partial charge in [-0.05, 0) is 37.6 Å². The van der Waals surface area contributed by atoms with E-state index < -0.39 is 24.6 Å². The number of alkyl halides is 4. The fourth-order valence-corrected chi connectivity index (χ4v) is 2.05. The fraction of sp³-hybridized carbons (Fsp3) is 0.333. The highest BCUT2D eigenvalue weighted by atomic mass is 19.3. The van der Waals surface area contributed by atoms with Gasteiger partial charge in [-0.1, -0.05) is 6.07 Å². The Bertz CT molecular complexity index is 732. The van der Waals surface area contributed by atoms with Crippen LogP contribution in [0.3, 0.4) is 0 Å². The number of nitrogens with one attached hydrogen (secondary N) is 1. The fourth-order valence-electron chi connectivity index (χ4n) is 2.05. The molecule has 0 saturated carbocycles. The van der Waals surface area contributed by atoms with Crippen molar-refractivity contribution in [1.29, 1.82) is 0 Å². The lowest BCUT2D eigenvalue weighted by Crippen LogP contribution is -2.21. The molecule has 1 aromatic heterocycles. The molecule has 5 nitrogen and oxygen atoms in total. The second-order valence-corrected chi connectivity index (χ2v) is 5.10. The number of hydrogen-bond acceptors (Lipinski definition) is 3. The van der Waals surface area contributed by atoms with Gasteiger partial charge in [-0.2, -0.15) is 13.9 Å². The highest BCUT2D eigenvalue weighted by Crippen LogP contribution is 2.27. The SMILES string of the molecule is Cc1ccc(NC(=O)Cn2nc(C(F)F)cc2C)c(OC(F)F)c1. The van der Waals surface area contributed by atoms with Crippen LogP contribution < -0.4 is 10.1 Å². The largest absolute Gasteiger partial charge is 0.433 e. The normalized spacial score (nSPS) is 11.2. The minimum absolute atomic E-state index is 0.0600. The zero-order chi connectivity index (χ0) is 17.9. The predicted octanol–water partition coefficient (Wildman–Crippen LogP) is 3.68. The molecule has 0 aliphatic rings. The van der Waals surface area contributed by atoms with E-state index in [4.69, 9.17) is 0 Å². The molecule has 0 spiro atoms. The molecule has 0 fully saturated rings. The number of hydrogen-bond donors (Lipinski definition) is 1. The summed E-state index contributed by atoms with van der Waals surface area (Å²) in [6.45, 7) is -0.156. The Morgan fingerprint density at radius 2 is 1.96 bits per heavy atom.